The number of ether oxygens (including phenoxy) is 3. The molecule has 0 spiro atoms. The summed E-state index contributed by atoms with van der Waals surface area (Å²) in [4.78, 5) is 38.1. The first-order valence-corrected chi connectivity index (χ1v) is 6.69. The SMILES string of the molecule is CCOC(=O)c1[nH]c(C)c(C(=O)O[C@@H]2CCOC2=O)c1C. The number of carbonyl (C=O) groups excluding carboxylic acids is 3. The number of carbonyl (C=O) groups is 3. The normalized spacial score (nSPS) is 17.5. The molecule has 1 aliphatic rings. The van der Waals surface area contributed by atoms with Crippen molar-refractivity contribution in [2.45, 2.75) is 33.3 Å². The van der Waals surface area contributed by atoms with Crippen LogP contribution in [0.2, 0.25) is 0 Å². The predicted octanol–water partition coefficient (Wildman–Crippen LogP) is 1.28. The Bertz CT molecular complexity index is 589. The molecule has 1 aromatic heterocycles. The lowest BCUT2D eigenvalue weighted by molar-refractivity contribution is -0.145. The summed E-state index contributed by atoms with van der Waals surface area (Å²) in [5, 5.41) is 0. The summed E-state index contributed by atoms with van der Waals surface area (Å²) >= 11 is 0. The maximum Gasteiger partial charge on any atom is 0.355 e. The fourth-order valence-electron chi connectivity index (χ4n) is 2.24. The molecule has 1 aliphatic heterocycles. The highest BCUT2D eigenvalue weighted by molar-refractivity contribution is 5.99. The molecule has 0 saturated carbocycles. The van der Waals surface area contributed by atoms with Crippen LogP contribution in [-0.4, -0.2) is 42.2 Å². The molecule has 7 heteroatoms. The number of aromatic amines is 1. The maximum absolute atomic E-state index is 12.2. The van der Waals surface area contributed by atoms with Gasteiger partial charge in [-0.15, -0.1) is 0 Å². The zero-order valence-electron chi connectivity index (χ0n) is 12.1. The minimum atomic E-state index is -0.878. The summed E-state index contributed by atoms with van der Waals surface area (Å²) in [5.74, 6) is -1.72. The van der Waals surface area contributed by atoms with Crippen molar-refractivity contribution in [2.75, 3.05) is 13.2 Å². The third-order valence-electron chi connectivity index (χ3n) is 3.26. The van der Waals surface area contributed by atoms with E-state index in [1.807, 2.05) is 0 Å². The molecule has 1 N–H and O–H groups in total. The summed E-state index contributed by atoms with van der Waals surface area (Å²) in [6, 6.07) is 0. The highest BCUT2D eigenvalue weighted by Crippen LogP contribution is 2.22. The number of H-pyrrole nitrogens is 1. The van der Waals surface area contributed by atoms with Gasteiger partial charge in [0, 0.05) is 12.1 Å². The van der Waals surface area contributed by atoms with Crippen molar-refractivity contribution >= 4 is 17.9 Å². The van der Waals surface area contributed by atoms with E-state index < -0.39 is 24.0 Å². The summed E-state index contributed by atoms with van der Waals surface area (Å²) in [6.45, 7) is 5.46. The minimum absolute atomic E-state index is 0.218. The smallest absolute Gasteiger partial charge is 0.355 e. The van der Waals surface area contributed by atoms with E-state index in [0.29, 0.717) is 17.7 Å². The molecular formula is C14H17NO6. The third kappa shape index (κ3) is 2.91. The van der Waals surface area contributed by atoms with Gasteiger partial charge in [0.1, 0.15) is 5.69 Å². The predicted molar refractivity (Wildman–Crippen MR) is 71.0 cm³/mol. The van der Waals surface area contributed by atoms with Crippen LogP contribution < -0.4 is 0 Å². The average Bonchev–Trinajstić information content (AvgIpc) is 2.94. The van der Waals surface area contributed by atoms with Crippen LogP contribution in [-0.2, 0) is 19.0 Å². The third-order valence-corrected chi connectivity index (χ3v) is 3.26. The Morgan fingerprint density at radius 3 is 2.62 bits per heavy atom. The molecule has 0 bridgehead atoms. The Balaban J connectivity index is 2.21. The van der Waals surface area contributed by atoms with Crippen molar-refractivity contribution in [2.24, 2.45) is 0 Å². The fraction of sp³-hybridized carbons (Fsp3) is 0.500. The van der Waals surface area contributed by atoms with Gasteiger partial charge in [0.15, 0.2) is 0 Å². The van der Waals surface area contributed by atoms with Gasteiger partial charge >= 0.3 is 17.9 Å². The molecule has 1 fully saturated rings. The van der Waals surface area contributed by atoms with E-state index in [0.717, 1.165) is 0 Å². The molecule has 21 heavy (non-hydrogen) atoms. The van der Waals surface area contributed by atoms with Crippen molar-refractivity contribution in [3.63, 3.8) is 0 Å². The number of rotatable bonds is 4. The van der Waals surface area contributed by atoms with E-state index in [4.69, 9.17) is 14.2 Å². The van der Waals surface area contributed by atoms with Gasteiger partial charge in [0.2, 0.25) is 6.10 Å². The number of hydrogen-bond donors (Lipinski definition) is 1. The van der Waals surface area contributed by atoms with E-state index in [1.165, 1.54) is 0 Å². The molecule has 0 aliphatic carbocycles. The quantitative estimate of drug-likeness (QED) is 0.664. The second-order valence-electron chi connectivity index (χ2n) is 4.70. The second kappa shape index (κ2) is 5.99. The van der Waals surface area contributed by atoms with Crippen LogP contribution >= 0.6 is 0 Å². The first-order valence-electron chi connectivity index (χ1n) is 6.69. The number of cyclic esters (lactones) is 1. The van der Waals surface area contributed by atoms with Gasteiger partial charge in [-0.05, 0) is 26.3 Å². The van der Waals surface area contributed by atoms with Crippen LogP contribution in [0.25, 0.3) is 0 Å². The number of nitrogens with one attached hydrogen (secondary N) is 1. The van der Waals surface area contributed by atoms with Crippen LogP contribution in [0.3, 0.4) is 0 Å². The zero-order chi connectivity index (χ0) is 15.6. The molecule has 1 atom stereocenters. The molecule has 7 nitrogen and oxygen atoms in total. The van der Waals surface area contributed by atoms with Gasteiger partial charge in [-0.2, -0.15) is 0 Å². The Kier molecular flexibility index (Phi) is 4.30. The number of hydrogen-bond acceptors (Lipinski definition) is 6. The highest BCUT2D eigenvalue weighted by Gasteiger charge is 2.32. The summed E-state index contributed by atoms with van der Waals surface area (Å²) in [7, 11) is 0. The lowest BCUT2D eigenvalue weighted by Gasteiger charge is -2.08. The van der Waals surface area contributed by atoms with E-state index in [2.05, 4.69) is 4.98 Å². The highest BCUT2D eigenvalue weighted by atomic mass is 16.6. The first-order chi connectivity index (χ1) is 9.95. The Morgan fingerprint density at radius 1 is 1.33 bits per heavy atom. The van der Waals surface area contributed by atoms with Crippen molar-refractivity contribution in [1.82, 2.24) is 4.98 Å². The first kappa shape index (κ1) is 15.1. The number of aromatic nitrogens is 1. The molecule has 0 amide bonds. The van der Waals surface area contributed by atoms with Gasteiger partial charge in [-0.25, -0.2) is 14.4 Å². The zero-order valence-corrected chi connectivity index (χ0v) is 12.1. The van der Waals surface area contributed by atoms with Crippen LogP contribution in [0.1, 0.15) is 45.4 Å². The monoisotopic (exact) mass is 295 g/mol. The van der Waals surface area contributed by atoms with Crippen LogP contribution in [0.4, 0.5) is 0 Å². The van der Waals surface area contributed by atoms with Gasteiger partial charge in [0.25, 0.3) is 0 Å². The Hall–Kier alpha value is -2.31. The van der Waals surface area contributed by atoms with Gasteiger partial charge in [-0.1, -0.05) is 0 Å². The maximum atomic E-state index is 12.2. The van der Waals surface area contributed by atoms with Crippen molar-refractivity contribution < 1.29 is 28.6 Å². The fourth-order valence-corrected chi connectivity index (χ4v) is 2.24. The van der Waals surface area contributed by atoms with Crippen LogP contribution in [0.15, 0.2) is 0 Å². The van der Waals surface area contributed by atoms with Crippen molar-refractivity contribution in [3.8, 4) is 0 Å². The van der Waals surface area contributed by atoms with E-state index in [1.54, 1.807) is 20.8 Å². The van der Waals surface area contributed by atoms with E-state index >= 15 is 0 Å². The van der Waals surface area contributed by atoms with Crippen LogP contribution in [0.5, 0.6) is 0 Å². The van der Waals surface area contributed by atoms with Gasteiger partial charge in [0.05, 0.1) is 18.8 Å². The number of esters is 3. The lowest BCUT2D eigenvalue weighted by atomic mass is 10.1. The molecular weight excluding hydrogens is 278 g/mol. The largest absolute Gasteiger partial charge is 0.463 e. The van der Waals surface area contributed by atoms with E-state index in [-0.39, 0.29) is 24.5 Å². The molecule has 1 aromatic rings. The van der Waals surface area contributed by atoms with Crippen LogP contribution in [0, 0.1) is 13.8 Å². The minimum Gasteiger partial charge on any atom is -0.463 e. The topological polar surface area (TPSA) is 94.7 Å². The molecule has 2 rings (SSSR count). The average molecular weight is 295 g/mol. The summed E-state index contributed by atoms with van der Waals surface area (Å²) in [6.07, 6.45) is -0.532. The molecule has 114 valence electrons. The van der Waals surface area contributed by atoms with Gasteiger partial charge < -0.3 is 19.2 Å². The van der Waals surface area contributed by atoms with E-state index in [9.17, 15) is 14.4 Å². The second-order valence-corrected chi connectivity index (χ2v) is 4.70. The standard InChI is InChI=1S/C14H17NO6/c1-4-19-14(18)11-7(2)10(8(3)15-11)13(17)21-9-5-6-20-12(9)16/h9,15H,4-6H2,1-3H3/t9-/m1/s1. The molecule has 0 radical (unpaired) electrons. The van der Waals surface area contributed by atoms with Gasteiger partial charge in [-0.3, -0.25) is 0 Å². The molecule has 0 unspecified atom stereocenters. The lowest BCUT2D eigenvalue weighted by Crippen LogP contribution is -2.23. The Morgan fingerprint density at radius 2 is 2.05 bits per heavy atom. The Labute approximate surface area is 121 Å². The van der Waals surface area contributed by atoms with Crippen molar-refractivity contribution in [3.05, 3.63) is 22.5 Å². The van der Waals surface area contributed by atoms with Crippen molar-refractivity contribution in [1.29, 1.82) is 0 Å². The molecule has 1 saturated heterocycles. The summed E-state index contributed by atoms with van der Waals surface area (Å²) < 4.78 is 14.8. The summed E-state index contributed by atoms with van der Waals surface area (Å²) in [5.41, 5.74) is 1.40. The number of aryl methyl sites for hydroxylation is 1. The molecule has 0 aromatic carbocycles. The molecule has 2 heterocycles.